The molecule has 0 saturated heterocycles. The first-order valence-electron chi connectivity index (χ1n) is 10.4. The van der Waals surface area contributed by atoms with E-state index in [0.717, 1.165) is 28.8 Å². The Bertz CT molecular complexity index is 1150. The van der Waals surface area contributed by atoms with Gasteiger partial charge in [0.15, 0.2) is 0 Å². The Balaban J connectivity index is 1.57. The van der Waals surface area contributed by atoms with E-state index >= 15 is 0 Å². The molecule has 1 atom stereocenters. The van der Waals surface area contributed by atoms with Crippen LogP contribution in [0, 0.1) is 6.92 Å². The van der Waals surface area contributed by atoms with Gasteiger partial charge in [-0.3, -0.25) is 4.90 Å². The molecule has 31 heavy (non-hydrogen) atoms. The van der Waals surface area contributed by atoms with Crippen LogP contribution in [-0.2, 0) is 16.4 Å². The zero-order valence-electron chi connectivity index (χ0n) is 17.7. The molecule has 2 heterocycles. The molecule has 0 fully saturated rings. The predicted molar refractivity (Wildman–Crippen MR) is 121 cm³/mol. The number of nitrogens with zero attached hydrogens (tertiary/aromatic N) is 3. The van der Waals surface area contributed by atoms with Gasteiger partial charge in [-0.2, -0.15) is 0 Å². The normalized spacial score (nSPS) is 18.1. The Morgan fingerprint density at radius 1 is 1.26 bits per heavy atom. The number of carbonyl (C=O) groups excluding carboxylic acids is 1. The largest absolute Gasteiger partial charge is 0.369 e. The van der Waals surface area contributed by atoms with Crippen LogP contribution in [0.15, 0.2) is 52.4 Å². The van der Waals surface area contributed by atoms with Gasteiger partial charge in [-0.15, -0.1) is 0 Å². The summed E-state index contributed by atoms with van der Waals surface area (Å²) in [6.45, 7) is 5.26. The van der Waals surface area contributed by atoms with Gasteiger partial charge < -0.3 is 11.1 Å². The van der Waals surface area contributed by atoms with Crippen LogP contribution >= 0.6 is 0 Å². The number of rotatable bonds is 5. The molecule has 4 rings (SSSR count). The second-order valence-electron chi connectivity index (χ2n) is 7.82. The van der Waals surface area contributed by atoms with E-state index in [4.69, 9.17) is 5.73 Å². The van der Waals surface area contributed by atoms with Crippen LogP contribution in [0.25, 0.3) is 0 Å². The highest BCUT2D eigenvalue weighted by Crippen LogP contribution is 2.33. The molecule has 2 aromatic carbocycles. The lowest BCUT2D eigenvalue weighted by Gasteiger charge is -2.21. The van der Waals surface area contributed by atoms with Gasteiger partial charge in [0.2, 0.25) is 5.96 Å². The number of carbonyl (C=O) groups is 1. The Labute approximate surface area is 182 Å². The zero-order valence-corrected chi connectivity index (χ0v) is 18.5. The number of aliphatic imine (C=N–C) groups is 1. The molecule has 0 aliphatic carbocycles. The molecule has 2 amide bonds. The maximum atomic E-state index is 13.3. The van der Waals surface area contributed by atoms with Crippen molar-refractivity contribution in [1.82, 2.24) is 9.62 Å². The van der Waals surface area contributed by atoms with Gasteiger partial charge in [0.25, 0.3) is 10.0 Å². The van der Waals surface area contributed by atoms with Crippen LogP contribution in [-0.4, -0.2) is 44.3 Å². The Hall–Kier alpha value is -3.07. The highest BCUT2D eigenvalue weighted by Gasteiger charge is 2.36. The highest BCUT2D eigenvalue weighted by atomic mass is 32.2. The van der Waals surface area contributed by atoms with Crippen molar-refractivity contribution in [2.45, 2.75) is 37.6 Å². The number of nitrogens with one attached hydrogen (secondary N) is 1. The summed E-state index contributed by atoms with van der Waals surface area (Å²) in [6, 6.07) is 12.2. The van der Waals surface area contributed by atoms with Gasteiger partial charge in [-0.25, -0.2) is 22.5 Å². The van der Waals surface area contributed by atoms with Gasteiger partial charge in [0.1, 0.15) is 0 Å². The third-order valence-electron chi connectivity index (χ3n) is 5.74. The number of fused-ring (bicyclic) bond motifs is 1. The van der Waals surface area contributed by atoms with E-state index < -0.39 is 10.0 Å². The molecule has 0 spiro atoms. The predicted octanol–water partition coefficient (Wildman–Crippen LogP) is 2.54. The topological polar surface area (TPSA) is 108 Å². The summed E-state index contributed by atoms with van der Waals surface area (Å²) < 4.78 is 27.8. The van der Waals surface area contributed by atoms with E-state index in [0.29, 0.717) is 19.5 Å². The summed E-state index contributed by atoms with van der Waals surface area (Å²) >= 11 is 0. The zero-order chi connectivity index (χ0) is 22.2. The van der Waals surface area contributed by atoms with Gasteiger partial charge in [-0.1, -0.05) is 31.2 Å². The molecular weight excluding hydrogens is 414 g/mol. The summed E-state index contributed by atoms with van der Waals surface area (Å²) in [5.74, 6) is -0.00526. The van der Waals surface area contributed by atoms with E-state index in [2.05, 4.69) is 10.3 Å². The number of sulfonamides is 1. The number of benzene rings is 2. The van der Waals surface area contributed by atoms with Gasteiger partial charge in [0, 0.05) is 18.8 Å². The van der Waals surface area contributed by atoms with Gasteiger partial charge in [-0.05, 0) is 54.7 Å². The first kappa shape index (κ1) is 21.2. The summed E-state index contributed by atoms with van der Waals surface area (Å²) in [6.07, 6.45) is 1.46. The smallest absolute Gasteiger partial charge is 0.321 e. The number of aryl methyl sites for hydroxylation is 1. The van der Waals surface area contributed by atoms with Crippen molar-refractivity contribution in [3.8, 4) is 0 Å². The van der Waals surface area contributed by atoms with Crippen molar-refractivity contribution in [2.24, 2.45) is 10.7 Å². The molecule has 164 valence electrons. The van der Waals surface area contributed by atoms with Crippen molar-refractivity contribution in [3.63, 3.8) is 0 Å². The lowest BCUT2D eigenvalue weighted by molar-refractivity contribution is 0.247. The van der Waals surface area contributed by atoms with Crippen molar-refractivity contribution in [2.75, 3.05) is 24.5 Å². The average molecular weight is 442 g/mol. The second-order valence-corrected chi connectivity index (χ2v) is 9.68. The number of nitrogens with two attached hydrogens (primary N) is 1. The summed E-state index contributed by atoms with van der Waals surface area (Å²) in [5, 5.41) is 2.86. The Morgan fingerprint density at radius 2 is 2.03 bits per heavy atom. The first-order valence-corrected chi connectivity index (χ1v) is 11.9. The quantitative estimate of drug-likeness (QED) is 0.743. The minimum Gasteiger partial charge on any atom is -0.369 e. The lowest BCUT2D eigenvalue weighted by Crippen LogP contribution is -2.39. The van der Waals surface area contributed by atoms with Crippen LogP contribution in [0.4, 0.5) is 10.5 Å². The monoisotopic (exact) mass is 441 g/mol. The third-order valence-corrected chi connectivity index (χ3v) is 7.50. The molecular formula is C22H27N5O3S. The third kappa shape index (κ3) is 3.85. The Kier molecular flexibility index (Phi) is 5.62. The molecule has 0 bridgehead atoms. The summed E-state index contributed by atoms with van der Waals surface area (Å²) in [5.41, 5.74) is 9.62. The molecule has 2 aliphatic heterocycles. The maximum absolute atomic E-state index is 13.3. The van der Waals surface area contributed by atoms with E-state index in [9.17, 15) is 13.2 Å². The van der Waals surface area contributed by atoms with Crippen molar-refractivity contribution < 1.29 is 13.2 Å². The van der Waals surface area contributed by atoms with Crippen LogP contribution in [0.2, 0.25) is 0 Å². The van der Waals surface area contributed by atoms with Gasteiger partial charge in [0.05, 0.1) is 17.5 Å². The molecule has 0 saturated carbocycles. The number of hydrogen-bond acceptors (Lipinski definition) is 5. The number of guanidine groups is 1. The maximum Gasteiger partial charge on any atom is 0.321 e. The number of urea groups is 1. The van der Waals surface area contributed by atoms with Crippen LogP contribution in [0.1, 0.15) is 36.1 Å². The molecule has 3 N–H and O–H groups in total. The fourth-order valence-electron chi connectivity index (χ4n) is 4.07. The molecule has 0 radical (unpaired) electrons. The summed E-state index contributed by atoms with van der Waals surface area (Å²) in [7, 11) is -3.86. The number of hydrogen-bond donors (Lipinski definition) is 2. The van der Waals surface area contributed by atoms with Crippen molar-refractivity contribution in [3.05, 3.63) is 59.2 Å². The van der Waals surface area contributed by atoms with Gasteiger partial charge >= 0.3 is 6.03 Å². The van der Waals surface area contributed by atoms with Crippen molar-refractivity contribution in [1.29, 1.82) is 0 Å². The standard InChI is InChI=1S/C22H27N5O3S/c1-3-11-24-22(28)26-12-10-16-13-17(8-9-20(16)26)31(29,30)27-14-19(25-21(27)23)18-7-5-4-6-15(18)2/h4-9,13,19H,3,10-12,14H2,1-2H3,(H2,23,25)(H,24,28)/t19-/m1/s1. The van der Waals surface area contributed by atoms with Crippen LogP contribution in [0.5, 0.6) is 0 Å². The van der Waals surface area contributed by atoms with E-state index in [-0.39, 0.29) is 29.5 Å². The lowest BCUT2D eigenvalue weighted by atomic mass is 10.0. The van der Waals surface area contributed by atoms with E-state index in [1.165, 1.54) is 10.4 Å². The summed E-state index contributed by atoms with van der Waals surface area (Å²) in [4.78, 5) is 18.6. The Morgan fingerprint density at radius 3 is 2.77 bits per heavy atom. The highest BCUT2D eigenvalue weighted by molar-refractivity contribution is 7.89. The SMILES string of the molecule is CCCNC(=O)N1CCc2cc(S(=O)(=O)N3C[C@H](c4ccccc4C)N=C3N)ccc21. The number of amides is 2. The van der Waals surface area contributed by atoms with Crippen LogP contribution in [0.3, 0.4) is 0 Å². The van der Waals surface area contributed by atoms with E-state index in [1.54, 1.807) is 17.0 Å². The fraction of sp³-hybridized carbons (Fsp3) is 0.364. The van der Waals surface area contributed by atoms with Crippen LogP contribution < -0.4 is 16.0 Å². The fourth-order valence-corrected chi connectivity index (χ4v) is 5.49. The molecule has 0 aromatic heterocycles. The minimum absolute atomic E-state index is 0.00526. The molecule has 9 heteroatoms. The van der Waals surface area contributed by atoms with Crippen molar-refractivity contribution >= 4 is 27.7 Å². The van der Waals surface area contributed by atoms with E-state index in [1.807, 2.05) is 38.1 Å². The average Bonchev–Trinajstić information content (AvgIpc) is 3.35. The molecule has 2 aliphatic rings. The first-order chi connectivity index (χ1) is 14.8. The minimum atomic E-state index is -3.86. The molecule has 2 aromatic rings. The number of anilines is 1. The molecule has 0 unspecified atom stereocenters. The second kappa shape index (κ2) is 8.22. The molecule has 8 nitrogen and oxygen atoms in total.